The molecule has 2 amide bonds. The number of anilines is 1. The summed E-state index contributed by atoms with van der Waals surface area (Å²) in [5.74, 6) is 0.442. The van der Waals surface area contributed by atoms with Crippen molar-refractivity contribution >= 4 is 35.2 Å². The summed E-state index contributed by atoms with van der Waals surface area (Å²) in [6.07, 6.45) is -0.136. The van der Waals surface area contributed by atoms with Crippen LogP contribution >= 0.6 is 11.8 Å². The molecular weight excluding hydrogens is 340 g/mol. The second kappa shape index (κ2) is 7.91. The minimum atomic E-state index is -1.14. The van der Waals surface area contributed by atoms with Gasteiger partial charge in [-0.05, 0) is 38.5 Å². The minimum absolute atomic E-state index is 0.0280. The molecule has 1 heterocycles. The predicted molar refractivity (Wildman–Crippen MR) is 99.1 cm³/mol. The third-order valence-corrected chi connectivity index (χ3v) is 5.26. The van der Waals surface area contributed by atoms with Crippen molar-refractivity contribution in [3.05, 3.63) is 29.3 Å². The van der Waals surface area contributed by atoms with Gasteiger partial charge in [0, 0.05) is 42.3 Å². The van der Waals surface area contributed by atoms with Crippen LogP contribution in [-0.4, -0.2) is 52.4 Å². The lowest BCUT2D eigenvalue weighted by Gasteiger charge is -2.27. The van der Waals surface area contributed by atoms with Crippen molar-refractivity contribution in [2.75, 3.05) is 29.9 Å². The number of benzene rings is 1. The molecule has 0 saturated carbocycles. The summed E-state index contributed by atoms with van der Waals surface area (Å²) in [4.78, 5) is 37.9. The third kappa shape index (κ3) is 4.75. The van der Waals surface area contributed by atoms with Gasteiger partial charge in [0.05, 0.1) is 5.41 Å². The molecule has 25 heavy (non-hydrogen) atoms. The van der Waals surface area contributed by atoms with Crippen LogP contribution in [0.1, 0.15) is 36.2 Å². The van der Waals surface area contributed by atoms with Crippen molar-refractivity contribution in [3.8, 4) is 0 Å². The zero-order chi connectivity index (χ0) is 18.6. The molecule has 0 spiro atoms. The highest BCUT2D eigenvalue weighted by Gasteiger charge is 2.30. The first-order valence-electron chi connectivity index (χ1n) is 8.22. The van der Waals surface area contributed by atoms with E-state index < -0.39 is 11.4 Å². The van der Waals surface area contributed by atoms with Gasteiger partial charge in [-0.1, -0.05) is 6.07 Å². The summed E-state index contributed by atoms with van der Waals surface area (Å²) in [7, 11) is 0. The number of hydrogen-bond donors (Lipinski definition) is 2. The van der Waals surface area contributed by atoms with Crippen molar-refractivity contribution in [3.63, 3.8) is 0 Å². The minimum Gasteiger partial charge on any atom is -0.481 e. The molecule has 136 valence electrons. The molecule has 6 nitrogen and oxygen atoms in total. The van der Waals surface area contributed by atoms with E-state index in [9.17, 15) is 14.4 Å². The van der Waals surface area contributed by atoms with Crippen LogP contribution in [0.25, 0.3) is 0 Å². The Kier molecular flexibility index (Phi) is 6.11. The Bertz CT molecular complexity index is 682. The van der Waals surface area contributed by atoms with Gasteiger partial charge in [0.1, 0.15) is 0 Å². The zero-order valence-electron chi connectivity index (χ0n) is 14.8. The topological polar surface area (TPSA) is 86.7 Å². The molecule has 0 aliphatic carbocycles. The molecule has 0 aromatic heterocycles. The Morgan fingerprint density at radius 3 is 2.48 bits per heavy atom. The standard InChI is InChI=1S/C18H24N2O4S/c1-12-13(16(22)20-7-9-25-10-8-20)5-4-6-14(12)19-15(21)11-18(2,3)17(23)24/h4-6H,7-11H2,1-3H3,(H,19,21)(H,23,24). The number of nitrogens with one attached hydrogen (secondary N) is 1. The summed E-state index contributed by atoms with van der Waals surface area (Å²) >= 11 is 1.84. The maximum absolute atomic E-state index is 12.7. The van der Waals surface area contributed by atoms with Gasteiger partial charge in [-0.3, -0.25) is 14.4 Å². The first kappa shape index (κ1) is 19.3. The van der Waals surface area contributed by atoms with Gasteiger partial charge in [-0.15, -0.1) is 0 Å². The van der Waals surface area contributed by atoms with Crippen LogP contribution in [0, 0.1) is 12.3 Å². The van der Waals surface area contributed by atoms with Crippen molar-refractivity contribution in [1.82, 2.24) is 4.90 Å². The summed E-state index contributed by atoms with van der Waals surface area (Å²) in [5, 5.41) is 11.9. The normalized spacial score (nSPS) is 14.9. The van der Waals surface area contributed by atoms with Crippen LogP contribution in [0.2, 0.25) is 0 Å². The lowest BCUT2D eigenvalue weighted by molar-refractivity contribution is -0.148. The Balaban J connectivity index is 2.13. The summed E-state index contributed by atoms with van der Waals surface area (Å²) < 4.78 is 0. The van der Waals surface area contributed by atoms with Crippen LogP contribution in [0.3, 0.4) is 0 Å². The van der Waals surface area contributed by atoms with E-state index in [-0.39, 0.29) is 18.2 Å². The smallest absolute Gasteiger partial charge is 0.309 e. The van der Waals surface area contributed by atoms with E-state index in [0.29, 0.717) is 16.8 Å². The number of carboxylic acid groups (broad SMARTS) is 1. The number of carboxylic acids is 1. The van der Waals surface area contributed by atoms with Crippen LogP contribution < -0.4 is 5.32 Å². The molecule has 0 unspecified atom stereocenters. The number of amides is 2. The molecule has 1 saturated heterocycles. The van der Waals surface area contributed by atoms with Gasteiger partial charge in [0.2, 0.25) is 5.91 Å². The highest BCUT2D eigenvalue weighted by atomic mass is 32.2. The van der Waals surface area contributed by atoms with Crippen LogP contribution in [0.5, 0.6) is 0 Å². The van der Waals surface area contributed by atoms with Crippen molar-refractivity contribution in [2.24, 2.45) is 5.41 Å². The first-order valence-corrected chi connectivity index (χ1v) is 9.38. The fraction of sp³-hybridized carbons (Fsp3) is 0.500. The Labute approximate surface area is 152 Å². The molecular formula is C18H24N2O4S. The van der Waals surface area contributed by atoms with E-state index in [0.717, 1.165) is 24.6 Å². The Morgan fingerprint density at radius 2 is 1.88 bits per heavy atom. The monoisotopic (exact) mass is 364 g/mol. The Hall–Kier alpha value is -2.02. The van der Waals surface area contributed by atoms with E-state index in [2.05, 4.69) is 5.32 Å². The van der Waals surface area contributed by atoms with Gasteiger partial charge in [-0.2, -0.15) is 11.8 Å². The number of nitrogens with zero attached hydrogens (tertiary/aromatic N) is 1. The molecule has 1 aromatic carbocycles. The van der Waals surface area contributed by atoms with Crippen LogP contribution in [0.15, 0.2) is 18.2 Å². The van der Waals surface area contributed by atoms with E-state index in [1.807, 2.05) is 16.7 Å². The van der Waals surface area contributed by atoms with E-state index in [1.165, 1.54) is 13.8 Å². The second-order valence-electron chi connectivity index (χ2n) is 6.80. The SMILES string of the molecule is Cc1c(NC(=O)CC(C)(C)C(=O)O)cccc1C(=O)N1CCSCC1. The summed E-state index contributed by atoms with van der Waals surface area (Å²) in [5.41, 5.74) is 0.675. The number of aliphatic carboxylic acids is 1. The lowest BCUT2D eigenvalue weighted by atomic mass is 9.89. The number of carbonyl (C=O) groups is 3. The molecule has 7 heteroatoms. The molecule has 0 atom stereocenters. The fourth-order valence-electron chi connectivity index (χ4n) is 2.61. The van der Waals surface area contributed by atoms with Crippen molar-refractivity contribution in [2.45, 2.75) is 27.2 Å². The summed E-state index contributed by atoms with van der Waals surface area (Å²) in [6, 6.07) is 5.22. The van der Waals surface area contributed by atoms with Crippen molar-refractivity contribution < 1.29 is 19.5 Å². The predicted octanol–water partition coefficient (Wildman–Crippen LogP) is 2.62. The zero-order valence-corrected chi connectivity index (χ0v) is 15.6. The van der Waals surface area contributed by atoms with Crippen molar-refractivity contribution in [1.29, 1.82) is 0 Å². The van der Waals surface area contributed by atoms with Gasteiger partial charge in [0.15, 0.2) is 0 Å². The lowest BCUT2D eigenvalue weighted by Crippen LogP contribution is -2.38. The molecule has 1 aliphatic rings. The Morgan fingerprint density at radius 1 is 1.24 bits per heavy atom. The van der Waals surface area contributed by atoms with E-state index in [4.69, 9.17) is 5.11 Å². The van der Waals surface area contributed by atoms with Gasteiger partial charge in [0.25, 0.3) is 5.91 Å². The largest absolute Gasteiger partial charge is 0.481 e. The van der Waals surface area contributed by atoms with Crippen LogP contribution in [0.4, 0.5) is 5.69 Å². The van der Waals surface area contributed by atoms with Gasteiger partial charge < -0.3 is 15.3 Å². The fourth-order valence-corrected chi connectivity index (χ4v) is 3.51. The highest BCUT2D eigenvalue weighted by Crippen LogP contribution is 2.25. The van der Waals surface area contributed by atoms with Gasteiger partial charge >= 0.3 is 5.97 Å². The molecule has 2 N–H and O–H groups in total. The van der Waals surface area contributed by atoms with Crippen LogP contribution in [-0.2, 0) is 9.59 Å². The van der Waals surface area contributed by atoms with E-state index >= 15 is 0 Å². The molecule has 0 bridgehead atoms. The molecule has 1 aromatic rings. The quantitative estimate of drug-likeness (QED) is 0.839. The number of carbonyl (C=O) groups excluding carboxylic acids is 2. The number of rotatable bonds is 5. The average Bonchev–Trinajstić information content (AvgIpc) is 2.56. The molecule has 1 fully saturated rings. The summed E-state index contributed by atoms with van der Waals surface area (Å²) in [6.45, 7) is 6.27. The molecule has 1 aliphatic heterocycles. The van der Waals surface area contributed by atoms with Gasteiger partial charge in [-0.25, -0.2) is 0 Å². The third-order valence-electron chi connectivity index (χ3n) is 4.32. The maximum atomic E-state index is 12.7. The molecule has 0 radical (unpaired) electrons. The second-order valence-corrected chi connectivity index (χ2v) is 8.02. The number of thioether (sulfide) groups is 1. The highest BCUT2D eigenvalue weighted by molar-refractivity contribution is 7.99. The number of hydrogen-bond acceptors (Lipinski definition) is 4. The average molecular weight is 364 g/mol. The molecule has 2 rings (SSSR count). The first-order chi connectivity index (χ1) is 11.7. The van der Waals surface area contributed by atoms with E-state index in [1.54, 1.807) is 25.1 Å². The maximum Gasteiger partial charge on any atom is 0.309 e.